The number of hydrogen-bond donors (Lipinski definition) is 8. The van der Waals surface area contributed by atoms with Crippen molar-refractivity contribution in [3.63, 3.8) is 0 Å². The Labute approximate surface area is 192 Å². The third-order valence-corrected chi connectivity index (χ3v) is 4.82. The molecule has 0 radical (unpaired) electrons. The summed E-state index contributed by atoms with van der Waals surface area (Å²) in [6, 6.07) is -3.15. The molecule has 4 unspecified atom stereocenters. The number of primary amides is 1. The van der Waals surface area contributed by atoms with Gasteiger partial charge in [-0.1, -0.05) is 20.3 Å². The molecule has 4 amide bonds. The molecular formula is C19H36N8O6. The zero-order valence-electron chi connectivity index (χ0n) is 19.0. The summed E-state index contributed by atoms with van der Waals surface area (Å²) < 4.78 is 0. The van der Waals surface area contributed by atoms with Crippen LogP contribution in [0.25, 0.3) is 0 Å². The number of nitrogens with one attached hydrogen (secondary N) is 3. The summed E-state index contributed by atoms with van der Waals surface area (Å²) in [7, 11) is 0. The standard InChI is InChI=1S/C19H36N8O6/c1-3-10(2)15(27-16(31)11(20)6-7-13(21)28)18(33)26-12(5-4-8-24-19(22)23)17(32)25-9-14(29)30/h10-12,15H,3-9,20H2,1-2H3,(H2,21,28)(H,25,32)(H,26,33)(H,27,31)(H,29,30)(H4,22,23,24). The molecule has 0 saturated carbocycles. The number of nitrogens with zero attached hydrogens (tertiary/aromatic N) is 1. The lowest BCUT2D eigenvalue weighted by atomic mass is 9.97. The summed E-state index contributed by atoms with van der Waals surface area (Å²) in [5.41, 5.74) is 21.4. The van der Waals surface area contributed by atoms with Gasteiger partial charge in [-0.2, -0.15) is 0 Å². The summed E-state index contributed by atoms with van der Waals surface area (Å²) >= 11 is 0. The first-order valence-corrected chi connectivity index (χ1v) is 10.6. The number of aliphatic imine (C=N–C) groups is 1. The van der Waals surface area contributed by atoms with Gasteiger partial charge in [0.1, 0.15) is 18.6 Å². The lowest BCUT2D eigenvalue weighted by Gasteiger charge is -2.27. The topological polar surface area (TPSA) is 258 Å². The minimum Gasteiger partial charge on any atom is -0.480 e. The Morgan fingerprint density at radius 2 is 1.61 bits per heavy atom. The van der Waals surface area contributed by atoms with E-state index in [1.807, 2.05) is 6.92 Å². The Hall–Kier alpha value is -3.42. The summed E-state index contributed by atoms with van der Waals surface area (Å²) in [5, 5.41) is 16.1. The molecule has 0 spiro atoms. The smallest absolute Gasteiger partial charge is 0.322 e. The van der Waals surface area contributed by atoms with Crippen molar-refractivity contribution < 1.29 is 29.1 Å². The highest BCUT2D eigenvalue weighted by molar-refractivity contribution is 5.94. The van der Waals surface area contributed by atoms with Crippen LogP contribution in [0.1, 0.15) is 46.0 Å². The van der Waals surface area contributed by atoms with Crippen molar-refractivity contribution in [3.05, 3.63) is 0 Å². The molecule has 0 aromatic heterocycles. The fourth-order valence-corrected chi connectivity index (χ4v) is 2.71. The van der Waals surface area contributed by atoms with Crippen LogP contribution in [-0.4, -0.2) is 71.9 Å². The minimum atomic E-state index is -1.25. The quantitative estimate of drug-likeness (QED) is 0.0639. The number of nitrogens with two attached hydrogens (primary N) is 4. The Balaban J connectivity index is 5.35. The van der Waals surface area contributed by atoms with Crippen molar-refractivity contribution in [2.24, 2.45) is 33.8 Å². The van der Waals surface area contributed by atoms with Gasteiger partial charge in [0.05, 0.1) is 6.04 Å². The van der Waals surface area contributed by atoms with E-state index in [-0.39, 0.29) is 37.7 Å². The number of carboxylic acids is 1. The first-order valence-electron chi connectivity index (χ1n) is 10.6. The van der Waals surface area contributed by atoms with Gasteiger partial charge in [-0.15, -0.1) is 0 Å². The number of carboxylic acid groups (broad SMARTS) is 1. The van der Waals surface area contributed by atoms with Crippen molar-refractivity contribution in [3.8, 4) is 0 Å². The van der Waals surface area contributed by atoms with E-state index < -0.39 is 54.3 Å². The molecule has 0 fully saturated rings. The number of aliphatic carboxylic acids is 1. The molecule has 4 atom stereocenters. The van der Waals surface area contributed by atoms with Crippen LogP contribution in [0.15, 0.2) is 4.99 Å². The van der Waals surface area contributed by atoms with Gasteiger partial charge in [-0.05, 0) is 25.2 Å². The summed E-state index contributed by atoms with van der Waals surface area (Å²) in [5.74, 6) is -4.29. The van der Waals surface area contributed by atoms with Crippen molar-refractivity contribution in [1.82, 2.24) is 16.0 Å². The van der Waals surface area contributed by atoms with Crippen LogP contribution in [0.2, 0.25) is 0 Å². The average Bonchev–Trinajstić information content (AvgIpc) is 2.74. The second kappa shape index (κ2) is 15.4. The Morgan fingerprint density at radius 1 is 0.970 bits per heavy atom. The second-order valence-corrected chi connectivity index (χ2v) is 7.60. The number of carbonyl (C=O) groups excluding carboxylic acids is 4. The van der Waals surface area contributed by atoms with Gasteiger partial charge in [-0.25, -0.2) is 0 Å². The maximum absolute atomic E-state index is 13.0. The second-order valence-electron chi connectivity index (χ2n) is 7.60. The minimum absolute atomic E-state index is 0.0149. The molecule has 12 N–H and O–H groups in total. The predicted octanol–water partition coefficient (Wildman–Crippen LogP) is -3.15. The summed E-state index contributed by atoms with van der Waals surface area (Å²) in [6.07, 6.45) is 0.891. The molecule has 0 aromatic carbocycles. The summed E-state index contributed by atoms with van der Waals surface area (Å²) in [4.78, 5) is 63.3. The van der Waals surface area contributed by atoms with Crippen molar-refractivity contribution in [1.29, 1.82) is 0 Å². The van der Waals surface area contributed by atoms with E-state index in [4.69, 9.17) is 28.0 Å². The summed E-state index contributed by atoms with van der Waals surface area (Å²) in [6.45, 7) is 3.12. The lowest BCUT2D eigenvalue weighted by Crippen LogP contribution is -2.57. The van der Waals surface area contributed by atoms with E-state index in [1.54, 1.807) is 6.92 Å². The Morgan fingerprint density at radius 3 is 2.12 bits per heavy atom. The number of hydrogen-bond acceptors (Lipinski definition) is 7. The SMILES string of the molecule is CCC(C)C(NC(=O)C(N)CCC(N)=O)C(=O)NC(CCCN=C(N)N)C(=O)NCC(=O)O. The van der Waals surface area contributed by atoms with E-state index >= 15 is 0 Å². The highest BCUT2D eigenvalue weighted by Crippen LogP contribution is 2.10. The molecule has 0 heterocycles. The normalized spacial score (nSPS) is 14.2. The number of carbonyl (C=O) groups is 5. The van der Waals surface area contributed by atoms with Crippen molar-refractivity contribution in [2.45, 2.75) is 64.1 Å². The molecule has 14 heteroatoms. The highest BCUT2D eigenvalue weighted by atomic mass is 16.4. The highest BCUT2D eigenvalue weighted by Gasteiger charge is 2.31. The third-order valence-electron chi connectivity index (χ3n) is 4.82. The van der Waals surface area contributed by atoms with E-state index in [0.29, 0.717) is 12.8 Å². The van der Waals surface area contributed by atoms with E-state index in [9.17, 15) is 24.0 Å². The molecule has 0 rings (SSSR count). The third kappa shape index (κ3) is 12.9. The first-order chi connectivity index (χ1) is 15.4. The molecular weight excluding hydrogens is 436 g/mol. The monoisotopic (exact) mass is 472 g/mol. The van der Waals surface area contributed by atoms with Gasteiger partial charge < -0.3 is 44.0 Å². The van der Waals surface area contributed by atoms with Crippen LogP contribution in [0.3, 0.4) is 0 Å². The van der Waals surface area contributed by atoms with Gasteiger partial charge in [0, 0.05) is 13.0 Å². The molecule has 0 aliphatic heterocycles. The molecule has 0 aliphatic carbocycles. The van der Waals surface area contributed by atoms with Gasteiger partial charge in [0.25, 0.3) is 0 Å². The van der Waals surface area contributed by atoms with Crippen LogP contribution >= 0.6 is 0 Å². The fourth-order valence-electron chi connectivity index (χ4n) is 2.71. The first kappa shape index (κ1) is 29.6. The molecule has 0 saturated heterocycles. The maximum atomic E-state index is 13.0. The number of guanidine groups is 1. The molecule has 188 valence electrons. The molecule has 0 bridgehead atoms. The average molecular weight is 473 g/mol. The Kier molecular flexibility index (Phi) is 13.8. The zero-order chi connectivity index (χ0) is 25.6. The lowest BCUT2D eigenvalue weighted by molar-refractivity contribution is -0.138. The molecule has 14 nitrogen and oxygen atoms in total. The fraction of sp³-hybridized carbons (Fsp3) is 0.684. The van der Waals surface area contributed by atoms with Crippen LogP contribution in [0.4, 0.5) is 0 Å². The maximum Gasteiger partial charge on any atom is 0.322 e. The molecule has 0 aliphatic rings. The predicted molar refractivity (Wildman–Crippen MR) is 120 cm³/mol. The zero-order valence-corrected chi connectivity index (χ0v) is 19.0. The van der Waals surface area contributed by atoms with Crippen molar-refractivity contribution in [2.75, 3.05) is 13.1 Å². The van der Waals surface area contributed by atoms with Crippen LogP contribution in [-0.2, 0) is 24.0 Å². The van der Waals surface area contributed by atoms with Crippen LogP contribution in [0.5, 0.6) is 0 Å². The largest absolute Gasteiger partial charge is 0.480 e. The van der Waals surface area contributed by atoms with Crippen LogP contribution < -0.4 is 38.9 Å². The van der Waals surface area contributed by atoms with Gasteiger partial charge in [0.15, 0.2) is 5.96 Å². The van der Waals surface area contributed by atoms with Gasteiger partial charge in [0.2, 0.25) is 23.6 Å². The van der Waals surface area contributed by atoms with E-state index in [2.05, 4.69) is 20.9 Å². The Bertz CT molecular complexity index is 725. The number of rotatable bonds is 16. The molecule has 0 aromatic rings. The molecule has 33 heavy (non-hydrogen) atoms. The van der Waals surface area contributed by atoms with Crippen molar-refractivity contribution >= 4 is 35.6 Å². The number of amides is 4. The van der Waals surface area contributed by atoms with Gasteiger partial charge in [-0.3, -0.25) is 29.0 Å². The van der Waals surface area contributed by atoms with Gasteiger partial charge >= 0.3 is 5.97 Å². The van der Waals surface area contributed by atoms with E-state index in [0.717, 1.165) is 0 Å². The van der Waals surface area contributed by atoms with Crippen LogP contribution in [0, 0.1) is 5.92 Å². The van der Waals surface area contributed by atoms with E-state index in [1.165, 1.54) is 0 Å².